The molecule has 0 saturated carbocycles. The van der Waals surface area contributed by atoms with E-state index in [0.29, 0.717) is 12.2 Å². The van der Waals surface area contributed by atoms with Crippen LogP contribution in [0.3, 0.4) is 0 Å². The number of carbonyl (C=O) groups is 1. The Hall–Kier alpha value is -3.01. The van der Waals surface area contributed by atoms with Crippen molar-refractivity contribution in [2.24, 2.45) is 0 Å². The predicted molar refractivity (Wildman–Crippen MR) is 103 cm³/mol. The molecule has 26 heavy (non-hydrogen) atoms. The monoisotopic (exact) mass is 348 g/mol. The largest absolute Gasteiger partial charge is 0.383 e. The van der Waals surface area contributed by atoms with Crippen molar-refractivity contribution >= 4 is 12.1 Å². The van der Waals surface area contributed by atoms with E-state index in [0.717, 1.165) is 47.8 Å². The molecule has 3 nitrogen and oxygen atoms in total. The van der Waals surface area contributed by atoms with Crippen molar-refractivity contribution in [3.05, 3.63) is 72.2 Å². The van der Waals surface area contributed by atoms with Crippen molar-refractivity contribution < 1.29 is 9.18 Å². The van der Waals surface area contributed by atoms with Crippen LogP contribution in [-0.4, -0.2) is 11.3 Å². The third kappa shape index (κ3) is 4.33. The highest BCUT2D eigenvalue weighted by atomic mass is 19.1. The fourth-order valence-corrected chi connectivity index (χ4v) is 2.91. The molecule has 1 heterocycles. The number of anilines is 1. The Morgan fingerprint density at radius 1 is 0.923 bits per heavy atom. The number of rotatable bonds is 7. The number of pyridine rings is 1. The summed E-state index contributed by atoms with van der Waals surface area (Å²) in [7, 11) is 0. The van der Waals surface area contributed by atoms with E-state index < -0.39 is 0 Å². The van der Waals surface area contributed by atoms with Crippen molar-refractivity contribution in [2.75, 3.05) is 5.73 Å². The van der Waals surface area contributed by atoms with E-state index in [1.807, 2.05) is 18.2 Å². The van der Waals surface area contributed by atoms with E-state index >= 15 is 0 Å². The minimum absolute atomic E-state index is 0.263. The zero-order chi connectivity index (χ0) is 18.4. The minimum Gasteiger partial charge on any atom is -0.383 e. The molecular weight excluding hydrogens is 327 g/mol. The molecule has 2 N–H and O–H groups in total. The van der Waals surface area contributed by atoms with E-state index in [1.165, 1.54) is 17.7 Å². The van der Waals surface area contributed by atoms with Crippen LogP contribution in [0.15, 0.2) is 60.8 Å². The molecule has 0 spiro atoms. The number of halogens is 1. The fourth-order valence-electron chi connectivity index (χ4n) is 2.91. The molecule has 0 saturated heterocycles. The first kappa shape index (κ1) is 17.8. The van der Waals surface area contributed by atoms with E-state index in [2.05, 4.69) is 17.1 Å². The number of hydrogen-bond acceptors (Lipinski definition) is 3. The van der Waals surface area contributed by atoms with Crippen LogP contribution in [-0.2, 0) is 11.2 Å². The van der Waals surface area contributed by atoms with Crippen molar-refractivity contribution in [1.82, 2.24) is 4.98 Å². The number of nitrogens with two attached hydrogens (primary N) is 1. The summed E-state index contributed by atoms with van der Waals surface area (Å²) in [5, 5.41) is 0. The third-order valence-electron chi connectivity index (χ3n) is 4.40. The molecule has 0 amide bonds. The topological polar surface area (TPSA) is 56.0 Å². The van der Waals surface area contributed by atoms with E-state index in [4.69, 9.17) is 5.73 Å². The molecule has 132 valence electrons. The molecule has 0 aliphatic carbocycles. The van der Waals surface area contributed by atoms with Gasteiger partial charge in [-0.2, -0.15) is 0 Å². The highest BCUT2D eigenvalue weighted by molar-refractivity contribution is 5.79. The molecule has 3 aromatic rings. The van der Waals surface area contributed by atoms with Crippen LogP contribution in [0.25, 0.3) is 22.3 Å². The number of unbranched alkanes of at least 4 members (excludes halogenated alkanes) is 2. The molecule has 0 aliphatic heterocycles. The Morgan fingerprint density at radius 2 is 1.62 bits per heavy atom. The Labute approximate surface area is 152 Å². The Balaban J connectivity index is 1.81. The SMILES string of the molecule is Nc1ncc(-c2ccc(F)cc2)cc1-c1ccc(CCCCC=O)cc1. The molecule has 0 bridgehead atoms. The minimum atomic E-state index is -0.263. The zero-order valence-electron chi connectivity index (χ0n) is 14.5. The van der Waals surface area contributed by atoms with Gasteiger partial charge in [-0.1, -0.05) is 36.4 Å². The number of aromatic nitrogens is 1. The molecule has 0 unspecified atom stereocenters. The molecule has 3 rings (SSSR count). The zero-order valence-corrected chi connectivity index (χ0v) is 14.5. The van der Waals surface area contributed by atoms with Crippen LogP contribution in [0.2, 0.25) is 0 Å². The summed E-state index contributed by atoms with van der Waals surface area (Å²) in [6, 6.07) is 16.6. The van der Waals surface area contributed by atoms with Gasteiger partial charge < -0.3 is 10.5 Å². The lowest BCUT2D eigenvalue weighted by molar-refractivity contribution is -0.107. The van der Waals surface area contributed by atoms with E-state index in [-0.39, 0.29) is 5.82 Å². The molecular formula is C22H21FN2O. The van der Waals surface area contributed by atoms with E-state index in [1.54, 1.807) is 18.3 Å². The van der Waals surface area contributed by atoms with Crippen LogP contribution in [0, 0.1) is 5.82 Å². The lowest BCUT2D eigenvalue weighted by Gasteiger charge is -2.09. The Kier molecular flexibility index (Phi) is 5.74. The molecule has 0 fully saturated rings. The van der Waals surface area contributed by atoms with Gasteiger partial charge in [0.2, 0.25) is 0 Å². The summed E-state index contributed by atoms with van der Waals surface area (Å²) in [6.45, 7) is 0. The average Bonchev–Trinajstić information content (AvgIpc) is 2.67. The maximum absolute atomic E-state index is 13.1. The number of carbonyl (C=O) groups excluding carboxylic acids is 1. The average molecular weight is 348 g/mol. The number of aldehydes is 1. The third-order valence-corrected chi connectivity index (χ3v) is 4.40. The van der Waals surface area contributed by atoms with Gasteiger partial charge in [-0.3, -0.25) is 0 Å². The second kappa shape index (κ2) is 8.39. The Bertz CT molecular complexity index is 874. The van der Waals surface area contributed by atoms with Crippen LogP contribution in [0.4, 0.5) is 10.2 Å². The van der Waals surface area contributed by atoms with Gasteiger partial charge in [0.05, 0.1) is 0 Å². The molecule has 0 aliphatic rings. The fraction of sp³-hybridized carbons (Fsp3) is 0.182. The number of nitrogen functional groups attached to an aromatic ring is 1. The van der Waals surface area contributed by atoms with Gasteiger partial charge in [0, 0.05) is 23.7 Å². The van der Waals surface area contributed by atoms with Crippen molar-refractivity contribution in [2.45, 2.75) is 25.7 Å². The van der Waals surface area contributed by atoms with Gasteiger partial charge in [-0.25, -0.2) is 9.37 Å². The highest BCUT2D eigenvalue weighted by Gasteiger charge is 2.08. The molecule has 4 heteroatoms. The summed E-state index contributed by atoms with van der Waals surface area (Å²) in [4.78, 5) is 14.7. The standard InChI is InChI=1S/C22H21FN2O/c23-20-11-9-17(10-12-20)19-14-21(22(24)25-15-19)18-7-5-16(6-8-18)4-2-1-3-13-26/h5-15H,1-4H2,(H2,24,25). The van der Waals surface area contributed by atoms with Crippen molar-refractivity contribution in [1.29, 1.82) is 0 Å². The Morgan fingerprint density at radius 3 is 2.31 bits per heavy atom. The molecule has 1 aromatic heterocycles. The number of nitrogens with zero attached hydrogens (tertiary/aromatic N) is 1. The highest BCUT2D eigenvalue weighted by Crippen LogP contribution is 2.30. The van der Waals surface area contributed by atoms with Crippen molar-refractivity contribution in [3.8, 4) is 22.3 Å². The van der Waals surface area contributed by atoms with Crippen LogP contribution in [0.1, 0.15) is 24.8 Å². The summed E-state index contributed by atoms with van der Waals surface area (Å²) in [5.74, 6) is 0.204. The molecule has 2 aromatic carbocycles. The number of aryl methyl sites for hydroxylation is 1. The normalized spacial score (nSPS) is 10.7. The smallest absolute Gasteiger partial charge is 0.131 e. The molecule has 0 radical (unpaired) electrons. The van der Waals surface area contributed by atoms with Crippen molar-refractivity contribution in [3.63, 3.8) is 0 Å². The maximum Gasteiger partial charge on any atom is 0.131 e. The van der Waals surface area contributed by atoms with Gasteiger partial charge in [0.25, 0.3) is 0 Å². The summed E-state index contributed by atoms with van der Waals surface area (Å²) in [6.07, 6.45) is 6.16. The summed E-state index contributed by atoms with van der Waals surface area (Å²) in [5.41, 5.74) is 11.0. The first-order valence-corrected chi connectivity index (χ1v) is 8.72. The second-order valence-electron chi connectivity index (χ2n) is 6.27. The van der Waals surface area contributed by atoms with Crippen LogP contribution < -0.4 is 5.73 Å². The van der Waals surface area contributed by atoms with E-state index in [9.17, 15) is 9.18 Å². The quantitative estimate of drug-likeness (QED) is 0.480. The maximum atomic E-state index is 13.1. The first-order chi connectivity index (χ1) is 12.7. The summed E-state index contributed by atoms with van der Waals surface area (Å²) >= 11 is 0. The predicted octanol–water partition coefficient (Wildman–Crippen LogP) is 5.05. The van der Waals surface area contributed by atoms with Crippen LogP contribution >= 0.6 is 0 Å². The lowest BCUT2D eigenvalue weighted by Crippen LogP contribution is -1.95. The van der Waals surface area contributed by atoms with Gasteiger partial charge in [0.1, 0.15) is 17.9 Å². The first-order valence-electron chi connectivity index (χ1n) is 8.72. The number of benzene rings is 2. The van der Waals surface area contributed by atoms with Gasteiger partial charge in [-0.05, 0) is 54.2 Å². The van der Waals surface area contributed by atoms with Gasteiger partial charge in [0.15, 0.2) is 0 Å². The summed E-state index contributed by atoms with van der Waals surface area (Å²) < 4.78 is 13.1. The van der Waals surface area contributed by atoms with Gasteiger partial charge in [-0.15, -0.1) is 0 Å². The lowest BCUT2D eigenvalue weighted by atomic mass is 9.99. The number of hydrogen-bond donors (Lipinski definition) is 1. The second-order valence-corrected chi connectivity index (χ2v) is 6.27. The molecule has 0 atom stereocenters. The van der Waals surface area contributed by atoms with Crippen LogP contribution in [0.5, 0.6) is 0 Å². The van der Waals surface area contributed by atoms with Gasteiger partial charge >= 0.3 is 0 Å².